The summed E-state index contributed by atoms with van der Waals surface area (Å²) in [5, 5.41) is 0. The van der Waals surface area contributed by atoms with Crippen LogP contribution in [0.15, 0.2) is 15.7 Å². The summed E-state index contributed by atoms with van der Waals surface area (Å²) in [6, 6.07) is 1.77. The van der Waals surface area contributed by atoms with Crippen molar-refractivity contribution in [3.8, 4) is 0 Å². The molecule has 0 fully saturated rings. The van der Waals surface area contributed by atoms with E-state index >= 15 is 0 Å². The summed E-state index contributed by atoms with van der Waals surface area (Å²) >= 11 is 0. The van der Waals surface area contributed by atoms with E-state index in [0.29, 0.717) is 23.5 Å². The van der Waals surface area contributed by atoms with Crippen molar-refractivity contribution in [3.05, 3.63) is 32.6 Å². The lowest BCUT2D eigenvalue weighted by atomic mass is 10.1. The van der Waals surface area contributed by atoms with Crippen LogP contribution >= 0.6 is 0 Å². The number of nitrogens with zero attached hydrogens (tertiary/aromatic N) is 1. The topological polar surface area (TPSA) is 70.7 Å². The molecule has 2 aromatic rings. The zero-order valence-corrected chi connectivity index (χ0v) is 10.3. The van der Waals surface area contributed by atoms with Crippen LogP contribution in [0.5, 0.6) is 0 Å². The minimum absolute atomic E-state index is 0.238. The first kappa shape index (κ1) is 11.7. The van der Waals surface area contributed by atoms with Crippen LogP contribution in [0.4, 0.5) is 0 Å². The molecule has 0 atom stereocenters. The lowest BCUT2D eigenvalue weighted by Gasteiger charge is -2.06. The highest BCUT2D eigenvalue weighted by molar-refractivity contribution is 5.74. The second-order valence-electron chi connectivity index (χ2n) is 4.81. The van der Waals surface area contributed by atoms with Gasteiger partial charge in [0.05, 0.1) is 5.52 Å². The number of nitrogens with one attached hydrogen (secondary N) is 2. The molecule has 0 aliphatic heterocycles. The molecular weight excluding hydrogens is 218 g/mol. The molecule has 5 nitrogen and oxygen atoms in total. The van der Waals surface area contributed by atoms with E-state index in [1.165, 1.54) is 4.57 Å². The molecule has 2 N–H and O–H groups in total. The van der Waals surface area contributed by atoms with Gasteiger partial charge in [0.15, 0.2) is 0 Å². The normalized spacial score (nSPS) is 11.5. The molecule has 17 heavy (non-hydrogen) atoms. The summed E-state index contributed by atoms with van der Waals surface area (Å²) < 4.78 is 1.26. The van der Waals surface area contributed by atoms with E-state index in [1.807, 2.05) is 6.92 Å². The third-order valence-electron chi connectivity index (χ3n) is 2.83. The standard InChI is InChI=1S/C12H17N3O2/c1-7(2)4-5-15-11(16)10-9(14-12(15)17)6-8(3)13-10/h6-7,13H,4-5H2,1-3H3,(H,14,17). The number of hydrogen-bond acceptors (Lipinski definition) is 2. The third kappa shape index (κ3) is 2.18. The minimum atomic E-state index is -0.331. The molecule has 0 aliphatic rings. The van der Waals surface area contributed by atoms with Crippen molar-refractivity contribution in [1.29, 1.82) is 0 Å². The first-order valence-corrected chi connectivity index (χ1v) is 5.81. The van der Waals surface area contributed by atoms with Gasteiger partial charge in [-0.1, -0.05) is 13.8 Å². The van der Waals surface area contributed by atoms with Crippen LogP contribution in [-0.4, -0.2) is 14.5 Å². The monoisotopic (exact) mass is 235 g/mol. The summed E-state index contributed by atoms with van der Waals surface area (Å²) in [4.78, 5) is 29.6. The lowest BCUT2D eigenvalue weighted by Crippen LogP contribution is -2.35. The number of aromatic amines is 2. The molecule has 2 aromatic heterocycles. The average Bonchev–Trinajstić information content (AvgIpc) is 2.58. The van der Waals surface area contributed by atoms with Gasteiger partial charge in [0, 0.05) is 12.2 Å². The van der Waals surface area contributed by atoms with Gasteiger partial charge >= 0.3 is 5.69 Å². The zero-order valence-electron chi connectivity index (χ0n) is 10.3. The summed E-state index contributed by atoms with van der Waals surface area (Å²) in [7, 11) is 0. The van der Waals surface area contributed by atoms with Gasteiger partial charge in [-0.15, -0.1) is 0 Å². The Morgan fingerprint density at radius 1 is 1.29 bits per heavy atom. The SMILES string of the molecule is Cc1cc2[nH]c(=O)n(CCC(C)C)c(=O)c2[nH]1. The summed E-state index contributed by atoms with van der Waals surface area (Å²) in [6.45, 7) is 6.45. The number of fused-ring (bicyclic) bond motifs is 1. The van der Waals surface area contributed by atoms with Crippen LogP contribution in [0, 0.1) is 12.8 Å². The Kier molecular flexibility index (Phi) is 2.92. The number of aryl methyl sites for hydroxylation is 1. The van der Waals surface area contributed by atoms with Crippen LogP contribution in [0.25, 0.3) is 11.0 Å². The molecule has 0 radical (unpaired) electrons. The van der Waals surface area contributed by atoms with Gasteiger partial charge in [0.25, 0.3) is 5.56 Å². The Morgan fingerprint density at radius 2 is 2.00 bits per heavy atom. The minimum Gasteiger partial charge on any atom is -0.353 e. The molecule has 2 heterocycles. The van der Waals surface area contributed by atoms with Gasteiger partial charge in [0.1, 0.15) is 5.52 Å². The molecule has 0 aliphatic carbocycles. The van der Waals surface area contributed by atoms with E-state index < -0.39 is 0 Å². The van der Waals surface area contributed by atoms with Crippen LogP contribution in [-0.2, 0) is 6.54 Å². The van der Waals surface area contributed by atoms with Gasteiger partial charge in [-0.05, 0) is 25.3 Å². The van der Waals surface area contributed by atoms with Crippen LogP contribution in [0.2, 0.25) is 0 Å². The van der Waals surface area contributed by atoms with Crippen LogP contribution < -0.4 is 11.2 Å². The maximum absolute atomic E-state index is 12.1. The molecule has 92 valence electrons. The van der Waals surface area contributed by atoms with E-state index in [-0.39, 0.29) is 11.2 Å². The molecule has 0 amide bonds. The highest BCUT2D eigenvalue weighted by atomic mass is 16.2. The Hall–Kier alpha value is -1.78. The molecule has 0 bridgehead atoms. The molecule has 0 aromatic carbocycles. The highest BCUT2D eigenvalue weighted by Gasteiger charge is 2.09. The van der Waals surface area contributed by atoms with E-state index in [4.69, 9.17) is 0 Å². The van der Waals surface area contributed by atoms with Crippen molar-refractivity contribution in [1.82, 2.24) is 14.5 Å². The van der Waals surface area contributed by atoms with Crippen molar-refractivity contribution in [2.24, 2.45) is 5.92 Å². The van der Waals surface area contributed by atoms with E-state index in [0.717, 1.165) is 12.1 Å². The summed E-state index contributed by atoms with van der Waals surface area (Å²) in [5.41, 5.74) is 1.36. The highest BCUT2D eigenvalue weighted by Crippen LogP contribution is 2.06. The van der Waals surface area contributed by atoms with E-state index in [2.05, 4.69) is 23.8 Å². The number of H-pyrrole nitrogens is 2. The molecule has 0 unspecified atom stereocenters. The van der Waals surface area contributed by atoms with Crippen LogP contribution in [0.1, 0.15) is 26.0 Å². The second kappa shape index (κ2) is 4.24. The van der Waals surface area contributed by atoms with Crippen molar-refractivity contribution >= 4 is 11.0 Å². The Bertz CT molecular complexity index is 646. The molecule has 0 spiro atoms. The Labute approximate surface area is 98.5 Å². The van der Waals surface area contributed by atoms with Gasteiger partial charge in [-0.2, -0.15) is 0 Å². The Morgan fingerprint density at radius 3 is 2.65 bits per heavy atom. The van der Waals surface area contributed by atoms with Gasteiger partial charge in [0.2, 0.25) is 0 Å². The molecular formula is C12H17N3O2. The molecule has 2 rings (SSSR count). The fourth-order valence-electron chi connectivity index (χ4n) is 1.86. The van der Waals surface area contributed by atoms with Crippen LogP contribution in [0.3, 0.4) is 0 Å². The van der Waals surface area contributed by atoms with Crippen molar-refractivity contribution in [2.45, 2.75) is 33.7 Å². The second-order valence-corrected chi connectivity index (χ2v) is 4.81. The fourth-order valence-corrected chi connectivity index (χ4v) is 1.86. The van der Waals surface area contributed by atoms with Gasteiger partial charge in [-0.25, -0.2) is 4.79 Å². The maximum Gasteiger partial charge on any atom is 0.328 e. The lowest BCUT2D eigenvalue weighted by molar-refractivity contribution is 0.497. The smallest absolute Gasteiger partial charge is 0.328 e. The van der Waals surface area contributed by atoms with Crippen molar-refractivity contribution < 1.29 is 0 Å². The molecule has 0 saturated carbocycles. The quantitative estimate of drug-likeness (QED) is 0.843. The van der Waals surface area contributed by atoms with Crippen molar-refractivity contribution in [2.75, 3.05) is 0 Å². The number of aromatic nitrogens is 3. The summed E-state index contributed by atoms with van der Waals surface area (Å²) in [6.07, 6.45) is 0.814. The van der Waals surface area contributed by atoms with Crippen molar-refractivity contribution in [3.63, 3.8) is 0 Å². The largest absolute Gasteiger partial charge is 0.353 e. The fraction of sp³-hybridized carbons (Fsp3) is 0.500. The maximum atomic E-state index is 12.1. The number of hydrogen-bond donors (Lipinski definition) is 2. The predicted molar refractivity (Wildman–Crippen MR) is 67.4 cm³/mol. The molecule has 0 saturated heterocycles. The predicted octanol–water partition coefficient (Wildman–Crippen LogP) is 1.37. The third-order valence-corrected chi connectivity index (χ3v) is 2.83. The number of rotatable bonds is 3. The van der Waals surface area contributed by atoms with Gasteiger partial charge < -0.3 is 9.97 Å². The van der Waals surface area contributed by atoms with Gasteiger partial charge in [-0.3, -0.25) is 9.36 Å². The van der Waals surface area contributed by atoms with E-state index in [1.54, 1.807) is 6.07 Å². The summed E-state index contributed by atoms with van der Waals surface area (Å²) in [5.74, 6) is 0.461. The first-order valence-electron chi connectivity index (χ1n) is 5.81. The first-order chi connectivity index (χ1) is 7.99. The van der Waals surface area contributed by atoms with E-state index in [9.17, 15) is 9.59 Å². The molecule has 5 heteroatoms. The zero-order chi connectivity index (χ0) is 12.6. The average molecular weight is 235 g/mol. The Balaban J connectivity index is 2.56.